The fraction of sp³-hybridized carbons (Fsp3) is 0.300. The zero-order valence-electron chi connectivity index (χ0n) is 15.8. The highest BCUT2D eigenvalue weighted by molar-refractivity contribution is 8.00. The summed E-state index contributed by atoms with van der Waals surface area (Å²) < 4.78 is 5.24. The fourth-order valence-electron chi connectivity index (χ4n) is 2.49. The van der Waals surface area contributed by atoms with Crippen molar-refractivity contribution < 1.29 is 14.3 Å². The minimum absolute atomic E-state index is 0.139. The molecule has 0 aliphatic rings. The zero-order valence-corrected chi connectivity index (χ0v) is 17.4. The van der Waals surface area contributed by atoms with Crippen LogP contribution < -0.4 is 15.4 Å². The zero-order chi connectivity index (χ0) is 20.0. The van der Waals surface area contributed by atoms with Gasteiger partial charge in [-0.05, 0) is 44.0 Å². The molecule has 2 aromatic carbocycles. The number of benzene rings is 2. The summed E-state index contributed by atoms with van der Waals surface area (Å²) in [7, 11) is 1.52. The number of carbonyl (C=O) groups is 2. The molecule has 27 heavy (non-hydrogen) atoms. The highest BCUT2D eigenvalue weighted by atomic mass is 35.5. The minimum atomic E-state index is -0.209. The Balaban J connectivity index is 1.84. The molecule has 0 radical (unpaired) electrons. The lowest BCUT2D eigenvalue weighted by Crippen LogP contribution is -2.19. The van der Waals surface area contributed by atoms with Gasteiger partial charge in [0, 0.05) is 16.8 Å². The molecule has 0 heterocycles. The summed E-state index contributed by atoms with van der Waals surface area (Å²) in [4.78, 5) is 24.2. The van der Waals surface area contributed by atoms with E-state index in [-0.39, 0.29) is 23.3 Å². The van der Waals surface area contributed by atoms with Crippen molar-refractivity contribution in [2.24, 2.45) is 0 Å². The number of aryl methyl sites for hydroxylation is 3. The molecule has 7 heteroatoms. The Morgan fingerprint density at radius 2 is 1.59 bits per heavy atom. The van der Waals surface area contributed by atoms with E-state index in [1.54, 1.807) is 12.1 Å². The van der Waals surface area contributed by atoms with Crippen molar-refractivity contribution in [3.05, 3.63) is 52.0 Å². The van der Waals surface area contributed by atoms with Crippen LogP contribution in [0.25, 0.3) is 0 Å². The van der Waals surface area contributed by atoms with Gasteiger partial charge in [-0.3, -0.25) is 9.59 Å². The van der Waals surface area contributed by atoms with Crippen LogP contribution in [-0.2, 0) is 9.59 Å². The quantitative estimate of drug-likeness (QED) is 0.706. The van der Waals surface area contributed by atoms with E-state index < -0.39 is 0 Å². The summed E-state index contributed by atoms with van der Waals surface area (Å²) in [6.07, 6.45) is 0. The van der Waals surface area contributed by atoms with Crippen LogP contribution >= 0.6 is 23.4 Å². The maximum atomic E-state index is 12.2. The van der Waals surface area contributed by atoms with Crippen LogP contribution in [-0.4, -0.2) is 30.4 Å². The minimum Gasteiger partial charge on any atom is -0.495 e. The highest BCUT2D eigenvalue weighted by Crippen LogP contribution is 2.31. The number of halogens is 1. The Morgan fingerprint density at radius 3 is 2.19 bits per heavy atom. The summed E-state index contributed by atoms with van der Waals surface area (Å²) in [5.41, 5.74) is 4.34. The molecular weight excluding hydrogens is 384 g/mol. The lowest BCUT2D eigenvalue weighted by Gasteiger charge is -2.12. The third-order valence-electron chi connectivity index (χ3n) is 3.88. The van der Waals surface area contributed by atoms with Crippen LogP contribution in [0.1, 0.15) is 16.7 Å². The molecule has 0 aromatic heterocycles. The number of rotatable bonds is 7. The topological polar surface area (TPSA) is 67.4 Å². The SMILES string of the molecule is COc1cc(Cl)c(C)cc1NC(=O)CSCC(=O)Nc1ccc(C)cc1C. The van der Waals surface area contributed by atoms with Gasteiger partial charge in [0.15, 0.2) is 0 Å². The van der Waals surface area contributed by atoms with Gasteiger partial charge in [-0.1, -0.05) is 29.3 Å². The van der Waals surface area contributed by atoms with Gasteiger partial charge in [0.25, 0.3) is 0 Å². The largest absolute Gasteiger partial charge is 0.495 e. The predicted octanol–water partition coefficient (Wildman–Crippen LogP) is 4.58. The lowest BCUT2D eigenvalue weighted by atomic mass is 10.1. The summed E-state index contributed by atoms with van der Waals surface area (Å²) in [6.45, 7) is 5.80. The first kappa shape index (κ1) is 21.1. The molecule has 0 atom stereocenters. The molecule has 5 nitrogen and oxygen atoms in total. The van der Waals surface area contributed by atoms with Crippen molar-refractivity contribution in [3.63, 3.8) is 0 Å². The maximum Gasteiger partial charge on any atom is 0.234 e. The van der Waals surface area contributed by atoms with Crippen molar-refractivity contribution in [1.29, 1.82) is 0 Å². The summed E-state index contributed by atoms with van der Waals surface area (Å²) in [5, 5.41) is 6.23. The summed E-state index contributed by atoms with van der Waals surface area (Å²) in [6, 6.07) is 9.27. The fourth-order valence-corrected chi connectivity index (χ4v) is 3.26. The van der Waals surface area contributed by atoms with Crippen LogP contribution in [0.5, 0.6) is 5.75 Å². The van der Waals surface area contributed by atoms with Gasteiger partial charge < -0.3 is 15.4 Å². The van der Waals surface area contributed by atoms with Gasteiger partial charge in [-0.2, -0.15) is 0 Å². The Bertz CT molecular complexity index is 855. The predicted molar refractivity (Wildman–Crippen MR) is 113 cm³/mol. The number of amides is 2. The number of ether oxygens (including phenoxy) is 1. The lowest BCUT2D eigenvalue weighted by molar-refractivity contribution is -0.114. The molecule has 2 N–H and O–H groups in total. The molecule has 0 aliphatic heterocycles. The van der Waals surface area contributed by atoms with Crippen LogP contribution in [0.2, 0.25) is 5.02 Å². The normalized spacial score (nSPS) is 10.4. The Hall–Kier alpha value is -2.18. The molecular formula is C20H23ClN2O3S. The second-order valence-electron chi connectivity index (χ2n) is 6.21. The van der Waals surface area contributed by atoms with E-state index in [0.29, 0.717) is 16.5 Å². The van der Waals surface area contributed by atoms with Gasteiger partial charge in [0.2, 0.25) is 11.8 Å². The average molecular weight is 407 g/mol. The van der Waals surface area contributed by atoms with Crippen molar-refractivity contribution in [2.75, 3.05) is 29.2 Å². The maximum absolute atomic E-state index is 12.2. The summed E-state index contributed by atoms with van der Waals surface area (Å²) in [5.74, 6) is 0.499. The van der Waals surface area contributed by atoms with Crippen molar-refractivity contribution in [1.82, 2.24) is 0 Å². The van der Waals surface area contributed by atoms with Gasteiger partial charge in [-0.25, -0.2) is 0 Å². The molecule has 144 valence electrons. The number of carbonyl (C=O) groups excluding carboxylic acids is 2. The van der Waals surface area contributed by atoms with Crippen molar-refractivity contribution >= 4 is 46.6 Å². The monoisotopic (exact) mass is 406 g/mol. The molecule has 0 fully saturated rings. The molecule has 2 rings (SSSR count). The Kier molecular flexibility index (Phi) is 7.56. The van der Waals surface area contributed by atoms with Gasteiger partial charge in [-0.15, -0.1) is 11.8 Å². The van der Waals surface area contributed by atoms with Gasteiger partial charge in [0.05, 0.1) is 24.3 Å². The number of anilines is 2. The van der Waals surface area contributed by atoms with Gasteiger partial charge in [0.1, 0.15) is 5.75 Å². The molecule has 2 amide bonds. The Labute approximate surface area is 168 Å². The standard InChI is InChI=1S/C20H23ClN2O3S/c1-12-5-6-16(14(3)7-12)22-19(24)10-27-11-20(25)23-17-8-13(2)15(21)9-18(17)26-4/h5-9H,10-11H2,1-4H3,(H,22,24)(H,23,25). The second kappa shape index (κ2) is 9.67. The number of nitrogens with one attached hydrogen (secondary N) is 2. The first-order valence-electron chi connectivity index (χ1n) is 8.39. The van der Waals surface area contributed by atoms with E-state index in [1.165, 1.54) is 18.9 Å². The average Bonchev–Trinajstić information content (AvgIpc) is 2.60. The van der Waals surface area contributed by atoms with Crippen molar-refractivity contribution in [2.45, 2.75) is 20.8 Å². The van der Waals surface area contributed by atoms with E-state index in [2.05, 4.69) is 10.6 Å². The molecule has 2 aromatic rings. The number of hydrogen-bond acceptors (Lipinski definition) is 4. The molecule has 0 saturated carbocycles. The number of thioether (sulfide) groups is 1. The van der Waals surface area contributed by atoms with Crippen LogP contribution in [0.4, 0.5) is 11.4 Å². The first-order chi connectivity index (χ1) is 12.8. The molecule has 0 bridgehead atoms. The summed E-state index contributed by atoms with van der Waals surface area (Å²) >= 11 is 7.31. The van der Waals surface area contributed by atoms with E-state index in [4.69, 9.17) is 16.3 Å². The van der Waals surface area contributed by atoms with Gasteiger partial charge >= 0.3 is 0 Å². The van der Waals surface area contributed by atoms with Crippen LogP contribution in [0, 0.1) is 20.8 Å². The van der Waals surface area contributed by atoms with E-state index in [0.717, 1.165) is 22.4 Å². The van der Waals surface area contributed by atoms with E-state index in [9.17, 15) is 9.59 Å². The molecule has 0 spiro atoms. The van der Waals surface area contributed by atoms with Crippen LogP contribution in [0.15, 0.2) is 30.3 Å². The van der Waals surface area contributed by atoms with E-state index >= 15 is 0 Å². The third kappa shape index (κ3) is 6.19. The first-order valence-corrected chi connectivity index (χ1v) is 9.92. The molecule has 0 unspecified atom stereocenters. The molecule has 0 aliphatic carbocycles. The highest BCUT2D eigenvalue weighted by Gasteiger charge is 2.12. The smallest absolute Gasteiger partial charge is 0.234 e. The second-order valence-corrected chi connectivity index (χ2v) is 7.60. The Morgan fingerprint density at radius 1 is 0.963 bits per heavy atom. The number of hydrogen-bond donors (Lipinski definition) is 2. The molecule has 0 saturated heterocycles. The number of methoxy groups -OCH3 is 1. The van der Waals surface area contributed by atoms with Crippen LogP contribution in [0.3, 0.4) is 0 Å². The van der Waals surface area contributed by atoms with Crippen molar-refractivity contribution in [3.8, 4) is 5.75 Å². The third-order valence-corrected chi connectivity index (χ3v) is 5.22. The van der Waals surface area contributed by atoms with E-state index in [1.807, 2.05) is 39.0 Å².